The van der Waals surface area contributed by atoms with Crippen LogP contribution in [0, 0.1) is 0 Å². The Morgan fingerprint density at radius 2 is 1.40 bits per heavy atom. The second-order valence-electron chi connectivity index (χ2n) is 5.12. The van der Waals surface area contributed by atoms with Gasteiger partial charge in [-0.25, -0.2) is 0 Å². The van der Waals surface area contributed by atoms with Crippen molar-refractivity contribution in [2.45, 2.75) is 19.5 Å². The zero-order chi connectivity index (χ0) is 14.4. The molecule has 0 atom stereocenters. The second kappa shape index (κ2) is 7.17. The van der Waals surface area contributed by atoms with Crippen molar-refractivity contribution in [2.24, 2.45) is 5.73 Å². The molecule has 2 rings (SSSR count). The number of benzene rings is 2. The standard InChI is InChI=1S/C17H20N2S/c1-19(12-15-5-3-2-4-6-15)13-16-9-7-14(8-10-16)11-17(18)20/h2-10H,11-13H2,1H3,(H2,18,20). The molecular weight excluding hydrogens is 264 g/mol. The average molecular weight is 284 g/mol. The van der Waals surface area contributed by atoms with Crippen LogP contribution in [0.15, 0.2) is 54.6 Å². The predicted octanol–water partition coefficient (Wildman–Crippen LogP) is 3.15. The van der Waals surface area contributed by atoms with Gasteiger partial charge in [0, 0.05) is 19.5 Å². The minimum Gasteiger partial charge on any atom is -0.393 e. The van der Waals surface area contributed by atoms with E-state index in [9.17, 15) is 0 Å². The van der Waals surface area contributed by atoms with Crippen LogP contribution in [0.2, 0.25) is 0 Å². The highest BCUT2D eigenvalue weighted by molar-refractivity contribution is 7.80. The summed E-state index contributed by atoms with van der Waals surface area (Å²) < 4.78 is 0. The Morgan fingerprint density at radius 3 is 1.95 bits per heavy atom. The quantitative estimate of drug-likeness (QED) is 0.826. The van der Waals surface area contributed by atoms with Gasteiger partial charge in [0.15, 0.2) is 0 Å². The van der Waals surface area contributed by atoms with E-state index in [-0.39, 0.29) is 0 Å². The van der Waals surface area contributed by atoms with Crippen LogP contribution < -0.4 is 5.73 Å². The fourth-order valence-electron chi connectivity index (χ4n) is 2.23. The maximum Gasteiger partial charge on any atom is 0.0771 e. The minimum absolute atomic E-state index is 0.541. The van der Waals surface area contributed by atoms with Crippen molar-refractivity contribution in [1.29, 1.82) is 0 Å². The third-order valence-electron chi connectivity index (χ3n) is 3.15. The lowest BCUT2D eigenvalue weighted by atomic mass is 10.1. The molecule has 0 aliphatic rings. The zero-order valence-corrected chi connectivity index (χ0v) is 12.6. The molecule has 0 unspecified atom stereocenters. The van der Waals surface area contributed by atoms with Crippen LogP contribution >= 0.6 is 12.2 Å². The van der Waals surface area contributed by atoms with Crippen LogP contribution in [0.5, 0.6) is 0 Å². The molecule has 0 fully saturated rings. The highest BCUT2D eigenvalue weighted by atomic mass is 32.1. The Kier molecular flexibility index (Phi) is 5.27. The second-order valence-corrected chi connectivity index (χ2v) is 5.64. The van der Waals surface area contributed by atoms with E-state index in [1.807, 2.05) is 6.07 Å². The van der Waals surface area contributed by atoms with E-state index in [1.165, 1.54) is 16.7 Å². The molecule has 0 spiro atoms. The molecule has 0 saturated heterocycles. The summed E-state index contributed by atoms with van der Waals surface area (Å²) >= 11 is 4.92. The minimum atomic E-state index is 0.541. The van der Waals surface area contributed by atoms with Crippen LogP contribution in [-0.2, 0) is 19.5 Å². The number of hydrogen-bond acceptors (Lipinski definition) is 2. The summed E-state index contributed by atoms with van der Waals surface area (Å²) in [5.41, 5.74) is 9.36. The van der Waals surface area contributed by atoms with Crippen LogP contribution in [-0.4, -0.2) is 16.9 Å². The van der Waals surface area contributed by atoms with Gasteiger partial charge >= 0.3 is 0 Å². The topological polar surface area (TPSA) is 29.3 Å². The number of thiocarbonyl (C=S) groups is 1. The molecule has 0 heterocycles. The first kappa shape index (κ1) is 14.7. The molecule has 2 aromatic carbocycles. The lowest BCUT2D eigenvalue weighted by Crippen LogP contribution is -2.17. The van der Waals surface area contributed by atoms with E-state index in [1.54, 1.807) is 0 Å². The van der Waals surface area contributed by atoms with Gasteiger partial charge in [-0.15, -0.1) is 0 Å². The molecule has 104 valence electrons. The van der Waals surface area contributed by atoms with E-state index in [0.29, 0.717) is 11.4 Å². The van der Waals surface area contributed by atoms with Gasteiger partial charge in [0.05, 0.1) is 4.99 Å². The van der Waals surface area contributed by atoms with Crippen molar-refractivity contribution < 1.29 is 0 Å². The van der Waals surface area contributed by atoms with E-state index < -0.39 is 0 Å². The predicted molar refractivity (Wildman–Crippen MR) is 88.5 cm³/mol. The maximum absolute atomic E-state index is 5.55. The van der Waals surface area contributed by atoms with Gasteiger partial charge in [0.1, 0.15) is 0 Å². The first-order valence-electron chi connectivity index (χ1n) is 6.72. The lowest BCUT2D eigenvalue weighted by Gasteiger charge is -2.17. The average Bonchev–Trinajstić information content (AvgIpc) is 2.41. The smallest absolute Gasteiger partial charge is 0.0771 e. The molecule has 2 nitrogen and oxygen atoms in total. The number of rotatable bonds is 6. The van der Waals surface area contributed by atoms with E-state index in [4.69, 9.17) is 18.0 Å². The molecule has 0 bridgehead atoms. The van der Waals surface area contributed by atoms with Gasteiger partial charge in [-0.1, -0.05) is 66.8 Å². The molecule has 0 amide bonds. The Hall–Kier alpha value is -1.71. The maximum atomic E-state index is 5.55. The normalized spacial score (nSPS) is 10.7. The Labute approximate surface area is 126 Å². The van der Waals surface area contributed by atoms with Crippen molar-refractivity contribution in [3.63, 3.8) is 0 Å². The van der Waals surface area contributed by atoms with E-state index in [0.717, 1.165) is 13.1 Å². The Bertz CT molecular complexity index is 549. The molecule has 0 aromatic heterocycles. The highest BCUT2D eigenvalue weighted by Gasteiger charge is 2.02. The summed E-state index contributed by atoms with van der Waals surface area (Å²) in [7, 11) is 2.13. The van der Waals surface area contributed by atoms with Crippen molar-refractivity contribution in [1.82, 2.24) is 4.90 Å². The first-order valence-corrected chi connectivity index (χ1v) is 7.13. The summed E-state index contributed by atoms with van der Waals surface area (Å²) in [5.74, 6) is 0. The molecule has 0 aliphatic carbocycles. The molecular formula is C17H20N2S. The van der Waals surface area contributed by atoms with Crippen LogP contribution in [0.4, 0.5) is 0 Å². The molecule has 0 radical (unpaired) electrons. The SMILES string of the molecule is CN(Cc1ccccc1)Cc1ccc(CC(N)=S)cc1. The van der Waals surface area contributed by atoms with Crippen molar-refractivity contribution in [3.05, 3.63) is 71.3 Å². The van der Waals surface area contributed by atoms with Gasteiger partial charge in [0.2, 0.25) is 0 Å². The van der Waals surface area contributed by atoms with Gasteiger partial charge in [-0.3, -0.25) is 4.90 Å². The number of hydrogen-bond donors (Lipinski definition) is 1. The van der Waals surface area contributed by atoms with Crippen LogP contribution in [0.1, 0.15) is 16.7 Å². The summed E-state index contributed by atoms with van der Waals surface area (Å²) in [5, 5.41) is 0. The van der Waals surface area contributed by atoms with Crippen molar-refractivity contribution >= 4 is 17.2 Å². The number of nitrogens with zero attached hydrogens (tertiary/aromatic N) is 1. The summed E-state index contributed by atoms with van der Waals surface area (Å²) in [6.45, 7) is 1.89. The third kappa shape index (κ3) is 4.76. The summed E-state index contributed by atoms with van der Waals surface area (Å²) in [6, 6.07) is 19.0. The first-order chi connectivity index (χ1) is 9.63. The van der Waals surface area contributed by atoms with Crippen LogP contribution in [0.25, 0.3) is 0 Å². The molecule has 3 heteroatoms. The Morgan fingerprint density at radius 1 is 0.900 bits per heavy atom. The molecule has 2 N–H and O–H groups in total. The fraction of sp³-hybridized carbons (Fsp3) is 0.235. The van der Waals surface area contributed by atoms with Gasteiger partial charge in [-0.05, 0) is 23.7 Å². The fourth-order valence-corrected chi connectivity index (χ4v) is 2.39. The van der Waals surface area contributed by atoms with Crippen molar-refractivity contribution in [3.8, 4) is 0 Å². The molecule has 2 aromatic rings. The lowest BCUT2D eigenvalue weighted by molar-refractivity contribution is 0.319. The summed E-state index contributed by atoms with van der Waals surface area (Å²) in [6.07, 6.45) is 0.676. The van der Waals surface area contributed by atoms with Gasteiger partial charge < -0.3 is 5.73 Å². The third-order valence-corrected chi connectivity index (χ3v) is 3.29. The van der Waals surface area contributed by atoms with Gasteiger partial charge in [0.25, 0.3) is 0 Å². The largest absolute Gasteiger partial charge is 0.393 e. The van der Waals surface area contributed by atoms with Crippen molar-refractivity contribution in [2.75, 3.05) is 7.05 Å². The van der Waals surface area contributed by atoms with E-state index in [2.05, 4.69) is 60.5 Å². The Balaban J connectivity index is 1.91. The highest BCUT2D eigenvalue weighted by Crippen LogP contribution is 2.10. The van der Waals surface area contributed by atoms with E-state index >= 15 is 0 Å². The zero-order valence-electron chi connectivity index (χ0n) is 11.8. The summed E-state index contributed by atoms with van der Waals surface area (Å²) in [4.78, 5) is 2.84. The monoisotopic (exact) mass is 284 g/mol. The molecule has 20 heavy (non-hydrogen) atoms. The molecule has 0 saturated carbocycles. The van der Waals surface area contributed by atoms with Crippen LogP contribution in [0.3, 0.4) is 0 Å². The number of nitrogens with two attached hydrogens (primary N) is 1. The molecule has 0 aliphatic heterocycles. The van der Waals surface area contributed by atoms with Gasteiger partial charge in [-0.2, -0.15) is 0 Å².